The molecule has 1 saturated heterocycles. The van der Waals surface area contributed by atoms with E-state index in [1.165, 1.54) is 51.5 Å². The molecule has 2 N–H and O–H groups in total. The molecule has 0 aromatic rings. The molecule has 1 rings (SSSR count). The summed E-state index contributed by atoms with van der Waals surface area (Å²) in [5.41, 5.74) is 5.68. The third kappa shape index (κ3) is 6.17. The molecule has 0 amide bonds. The van der Waals surface area contributed by atoms with E-state index < -0.39 is 0 Å². The molecule has 1 aliphatic rings. The molecule has 3 nitrogen and oxygen atoms in total. The molecule has 0 aliphatic carbocycles. The highest BCUT2D eigenvalue weighted by atomic mass is 16.5. The van der Waals surface area contributed by atoms with E-state index in [9.17, 15) is 0 Å². The van der Waals surface area contributed by atoms with Crippen molar-refractivity contribution in [1.82, 2.24) is 4.90 Å². The van der Waals surface area contributed by atoms with Crippen LogP contribution in [0, 0.1) is 0 Å². The lowest BCUT2D eigenvalue weighted by molar-refractivity contribution is -0.0537. The average molecular weight is 256 g/mol. The fraction of sp³-hybridized carbons (Fsp3) is 1.00. The minimum absolute atomic E-state index is 0.255. The van der Waals surface area contributed by atoms with Crippen LogP contribution < -0.4 is 5.73 Å². The first-order valence-electron chi connectivity index (χ1n) is 7.83. The molecule has 0 saturated carbocycles. The van der Waals surface area contributed by atoms with Gasteiger partial charge >= 0.3 is 0 Å². The van der Waals surface area contributed by atoms with Crippen LogP contribution >= 0.6 is 0 Å². The summed E-state index contributed by atoms with van der Waals surface area (Å²) in [4.78, 5) is 2.55. The van der Waals surface area contributed by atoms with Gasteiger partial charge in [0.15, 0.2) is 0 Å². The Hall–Kier alpha value is -0.120. The summed E-state index contributed by atoms with van der Waals surface area (Å²) in [5.74, 6) is 0. The number of unbranched alkanes of at least 4 members (excludes halogenated alkanes) is 6. The van der Waals surface area contributed by atoms with Gasteiger partial charge in [0, 0.05) is 19.1 Å². The van der Waals surface area contributed by atoms with Crippen LogP contribution in [0.25, 0.3) is 0 Å². The molecule has 0 spiro atoms. The van der Waals surface area contributed by atoms with Crippen molar-refractivity contribution in [3.05, 3.63) is 0 Å². The predicted octanol–water partition coefficient (Wildman–Crippen LogP) is 2.79. The number of ether oxygens (including phenoxy) is 1. The quantitative estimate of drug-likeness (QED) is 0.645. The van der Waals surface area contributed by atoms with E-state index in [0.29, 0.717) is 12.6 Å². The number of rotatable bonds is 9. The first-order valence-corrected chi connectivity index (χ1v) is 7.83. The van der Waals surface area contributed by atoms with E-state index in [2.05, 4.69) is 18.7 Å². The van der Waals surface area contributed by atoms with Crippen LogP contribution in [0.5, 0.6) is 0 Å². The maximum Gasteiger partial charge on any atom is 0.0824 e. The first kappa shape index (κ1) is 15.9. The zero-order chi connectivity index (χ0) is 13.2. The molecule has 3 heteroatoms. The highest BCUT2D eigenvalue weighted by Gasteiger charge is 2.24. The second-order valence-electron chi connectivity index (χ2n) is 5.66. The van der Waals surface area contributed by atoms with Gasteiger partial charge in [0.2, 0.25) is 0 Å². The Kier molecular flexibility index (Phi) is 8.64. The van der Waals surface area contributed by atoms with Crippen LogP contribution in [-0.2, 0) is 4.74 Å². The SMILES string of the molecule is CCCCCCCCCN1CC(CN)OCC1C. The van der Waals surface area contributed by atoms with E-state index in [1.54, 1.807) is 0 Å². The van der Waals surface area contributed by atoms with Gasteiger partial charge in [-0.1, -0.05) is 45.4 Å². The van der Waals surface area contributed by atoms with Crippen molar-refractivity contribution in [3.63, 3.8) is 0 Å². The Morgan fingerprint density at radius 3 is 2.44 bits per heavy atom. The zero-order valence-electron chi connectivity index (χ0n) is 12.4. The first-order chi connectivity index (χ1) is 8.77. The van der Waals surface area contributed by atoms with E-state index in [-0.39, 0.29) is 6.10 Å². The van der Waals surface area contributed by atoms with E-state index >= 15 is 0 Å². The van der Waals surface area contributed by atoms with Crippen LogP contribution in [-0.4, -0.2) is 43.3 Å². The summed E-state index contributed by atoms with van der Waals surface area (Å²) >= 11 is 0. The molecule has 1 aliphatic heterocycles. The summed E-state index contributed by atoms with van der Waals surface area (Å²) < 4.78 is 5.67. The summed E-state index contributed by atoms with van der Waals surface area (Å²) in [5, 5.41) is 0. The Morgan fingerprint density at radius 2 is 1.78 bits per heavy atom. The molecule has 108 valence electrons. The van der Waals surface area contributed by atoms with Gasteiger partial charge in [-0.15, -0.1) is 0 Å². The number of hydrogen-bond acceptors (Lipinski definition) is 3. The standard InChI is InChI=1S/C15H32N2O/c1-3-4-5-6-7-8-9-10-17-12-15(11-16)18-13-14(17)2/h14-15H,3-13,16H2,1-2H3. The summed E-state index contributed by atoms with van der Waals surface area (Å²) in [6.45, 7) is 8.27. The monoisotopic (exact) mass is 256 g/mol. The molecule has 1 heterocycles. The lowest BCUT2D eigenvalue weighted by Gasteiger charge is -2.37. The lowest BCUT2D eigenvalue weighted by Crippen LogP contribution is -2.50. The van der Waals surface area contributed by atoms with Crippen LogP contribution in [0.3, 0.4) is 0 Å². The molecule has 0 radical (unpaired) electrons. The zero-order valence-corrected chi connectivity index (χ0v) is 12.4. The van der Waals surface area contributed by atoms with E-state index in [1.807, 2.05) is 0 Å². The minimum Gasteiger partial charge on any atom is -0.374 e. The lowest BCUT2D eigenvalue weighted by atomic mass is 10.1. The fourth-order valence-electron chi connectivity index (χ4n) is 2.60. The Balaban J connectivity index is 2.03. The van der Waals surface area contributed by atoms with Gasteiger partial charge in [-0.25, -0.2) is 0 Å². The average Bonchev–Trinajstić information content (AvgIpc) is 2.39. The van der Waals surface area contributed by atoms with Crippen molar-refractivity contribution >= 4 is 0 Å². The Bertz CT molecular complexity index is 199. The van der Waals surface area contributed by atoms with Crippen LogP contribution in [0.15, 0.2) is 0 Å². The van der Waals surface area contributed by atoms with Gasteiger partial charge < -0.3 is 10.5 Å². The Labute approximate surface area is 113 Å². The third-order valence-corrected chi connectivity index (χ3v) is 3.95. The fourth-order valence-corrected chi connectivity index (χ4v) is 2.60. The van der Waals surface area contributed by atoms with Crippen molar-refractivity contribution in [2.75, 3.05) is 26.2 Å². The van der Waals surface area contributed by atoms with E-state index in [4.69, 9.17) is 10.5 Å². The van der Waals surface area contributed by atoms with Gasteiger partial charge in [0.25, 0.3) is 0 Å². The highest BCUT2D eigenvalue weighted by molar-refractivity contribution is 4.77. The van der Waals surface area contributed by atoms with Crippen molar-refractivity contribution < 1.29 is 4.74 Å². The molecule has 2 atom stereocenters. The topological polar surface area (TPSA) is 38.5 Å². The minimum atomic E-state index is 0.255. The second-order valence-corrected chi connectivity index (χ2v) is 5.66. The number of hydrogen-bond donors (Lipinski definition) is 1. The second kappa shape index (κ2) is 9.76. The molecule has 18 heavy (non-hydrogen) atoms. The Morgan fingerprint density at radius 1 is 1.11 bits per heavy atom. The van der Waals surface area contributed by atoms with Crippen molar-refractivity contribution in [3.8, 4) is 0 Å². The van der Waals surface area contributed by atoms with Crippen molar-refractivity contribution in [1.29, 1.82) is 0 Å². The van der Waals surface area contributed by atoms with Gasteiger partial charge in [-0.3, -0.25) is 4.90 Å². The normalized spacial score (nSPS) is 25.5. The van der Waals surface area contributed by atoms with Gasteiger partial charge in [-0.05, 0) is 19.9 Å². The van der Waals surface area contributed by atoms with Crippen LogP contribution in [0.2, 0.25) is 0 Å². The summed E-state index contributed by atoms with van der Waals surface area (Å²) in [6, 6.07) is 0.563. The van der Waals surface area contributed by atoms with Crippen LogP contribution in [0.4, 0.5) is 0 Å². The van der Waals surface area contributed by atoms with E-state index in [0.717, 1.165) is 13.2 Å². The largest absolute Gasteiger partial charge is 0.374 e. The molecular weight excluding hydrogens is 224 g/mol. The van der Waals surface area contributed by atoms with Crippen molar-refractivity contribution in [2.24, 2.45) is 5.73 Å². The van der Waals surface area contributed by atoms with Crippen molar-refractivity contribution in [2.45, 2.75) is 70.9 Å². The summed E-state index contributed by atoms with van der Waals surface area (Å²) in [6.07, 6.45) is 9.93. The number of morpholine rings is 1. The molecular formula is C15H32N2O. The number of nitrogens with two attached hydrogens (primary N) is 1. The number of nitrogens with zero attached hydrogens (tertiary/aromatic N) is 1. The molecule has 2 unspecified atom stereocenters. The molecule has 1 fully saturated rings. The maximum absolute atomic E-state index is 5.68. The predicted molar refractivity (Wildman–Crippen MR) is 77.8 cm³/mol. The van der Waals surface area contributed by atoms with Gasteiger partial charge in [0.1, 0.15) is 0 Å². The summed E-state index contributed by atoms with van der Waals surface area (Å²) in [7, 11) is 0. The highest BCUT2D eigenvalue weighted by Crippen LogP contribution is 2.13. The van der Waals surface area contributed by atoms with Gasteiger partial charge in [-0.2, -0.15) is 0 Å². The molecule has 0 aromatic heterocycles. The molecule has 0 aromatic carbocycles. The van der Waals surface area contributed by atoms with Gasteiger partial charge in [0.05, 0.1) is 12.7 Å². The maximum atomic E-state index is 5.68. The smallest absolute Gasteiger partial charge is 0.0824 e. The van der Waals surface area contributed by atoms with Crippen LogP contribution in [0.1, 0.15) is 58.8 Å². The molecule has 0 bridgehead atoms. The third-order valence-electron chi connectivity index (χ3n) is 3.95.